The molecule has 1 fully saturated rings. The topological polar surface area (TPSA) is 20.3 Å². The summed E-state index contributed by atoms with van der Waals surface area (Å²) in [5.74, 6) is 1.66. The Kier molecular flexibility index (Phi) is 3.27. The summed E-state index contributed by atoms with van der Waals surface area (Å²) in [6, 6.07) is 0.461. The van der Waals surface area contributed by atoms with Gasteiger partial charge < -0.3 is 0 Å². The second kappa shape index (κ2) is 4.02. The van der Waals surface area contributed by atoms with E-state index in [4.69, 9.17) is 0 Å². The molecule has 1 aliphatic heterocycles. The lowest BCUT2D eigenvalue weighted by Gasteiger charge is -2.31. The third-order valence-electron chi connectivity index (χ3n) is 2.02. The van der Waals surface area contributed by atoms with Crippen LogP contribution in [0, 0.1) is 0 Å². The molecule has 1 aliphatic rings. The Morgan fingerprint density at radius 2 is 2.55 bits per heavy atom. The Hall–Kier alpha value is -0.150. The summed E-state index contributed by atoms with van der Waals surface area (Å²) in [5, 5.41) is 0. The van der Waals surface area contributed by atoms with Crippen LogP contribution >= 0.6 is 0 Å². The van der Waals surface area contributed by atoms with Gasteiger partial charge in [-0.25, -0.2) is 0 Å². The van der Waals surface area contributed by atoms with E-state index in [1.54, 1.807) is 0 Å². The van der Waals surface area contributed by atoms with Gasteiger partial charge in [0.25, 0.3) is 0 Å². The van der Waals surface area contributed by atoms with Crippen LogP contribution in [0.3, 0.4) is 0 Å². The molecule has 0 aliphatic carbocycles. The van der Waals surface area contributed by atoms with E-state index in [-0.39, 0.29) is 0 Å². The van der Waals surface area contributed by atoms with Crippen LogP contribution in [0.2, 0.25) is 0 Å². The van der Waals surface area contributed by atoms with Crippen molar-refractivity contribution in [2.24, 2.45) is 0 Å². The maximum atomic E-state index is 11.1. The van der Waals surface area contributed by atoms with E-state index in [0.29, 0.717) is 6.04 Å². The van der Waals surface area contributed by atoms with Crippen LogP contribution in [-0.2, 0) is 10.8 Å². The summed E-state index contributed by atoms with van der Waals surface area (Å²) in [6.45, 7) is 7.70. The smallest absolute Gasteiger partial charge is 0.0388 e. The molecule has 0 aromatic rings. The van der Waals surface area contributed by atoms with Crippen LogP contribution in [0.4, 0.5) is 0 Å². The number of nitrogens with zero attached hydrogens (tertiary/aromatic N) is 1. The van der Waals surface area contributed by atoms with E-state index in [1.165, 1.54) is 0 Å². The summed E-state index contributed by atoms with van der Waals surface area (Å²) in [6.07, 6.45) is 1.91. The van der Waals surface area contributed by atoms with Gasteiger partial charge in [-0.2, -0.15) is 0 Å². The lowest BCUT2D eigenvalue weighted by Crippen LogP contribution is -2.44. The second-order valence-electron chi connectivity index (χ2n) is 2.94. The number of rotatable bonds is 2. The largest absolute Gasteiger partial charge is 0.295 e. The van der Waals surface area contributed by atoms with Crippen molar-refractivity contribution >= 4 is 10.8 Å². The van der Waals surface area contributed by atoms with Crippen LogP contribution in [0.15, 0.2) is 12.7 Å². The Balaban J connectivity index is 2.43. The Morgan fingerprint density at radius 3 is 3.09 bits per heavy atom. The van der Waals surface area contributed by atoms with E-state index in [9.17, 15) is 4.21 Å². The predicted octanol–water partition coefficient (Wildman–Crippen LogP) is 0.625. The fourth-order valence-corrected chi connectivity index (χ4v) is 2.69. The van der Waals surface area contributed by atoms with Crippen molar-refractivity contribution < 1.29 is 4.21 Å². The van der Waals surface area contributed by atoms with Gasteiger partial charge in [0.2, 0.25) is 0 Å². The van der Waals surface area contributed by atoms with Crippen molar-refractivity contribution in [3.63, 3.8) is 0 Å². The molecule has 0 aromatic heterocycles. The zero-order chi connectivity index (χ0) is 8.27. The lowest BCUT2D eigenvalue weighted by molar-refractivity contribution is 0.255. The van der Waals surface area contributed by atoms with Gasteiger partial charge in [-0.15, -0.1) is 6.58 Å². The van der Waals surface area contributed by atoms with Crippen LogP contribution in [0.25, 0.3) is 0 Å². The van der Waals surface area contributed by atoms with Crippen molar-refractivity contribution in [1.82, 2.24) is 4.90 Å². The first-order valence-electron chi connectivity index (χ1n) is 3.94. The van der Waals surface area contributed by atoms with Gasteiger partial charge in [0.05, 0.1) is 0 Å². The van der Waals surface area contributed by atoms with E-state index in [0.717, 1.165) is 24.6 Å². The molecule has 2 atom stereocenters. The summed E-state index contributed by atoms with van der Waals surface area (Å²) >= 11 is 0. The maximum absolute atomic E-state index is 11.1. The zero-order valence-corrected chi connectivity index (χ0v) is 7.77. The van der Waals surface area contributed by atoms with Crippen molar-refractivity contribution in [1.29, 1.82) is 0 Å². The predicted molar refractivity (Wildman–Crippen MR) is 49.1 cm³/mol. The quantitative estimate of drug-likeness (QED) is 0.571. The van der Waals surface area contributed by atoms with Gasteiger partial charge in [0.1, 0.15) is 0 Å². The molecule has 0 aromatic carbocycles. The molecule has 2 nitrogen and oxygen atoms in total. The molecular weight excluding hydrogens is 158 g/mol. The Morgan fingerprint density at radius 1 is 1.82 bits per heavy atom. The minimum absolute atomic E-state index is 0.461. The summed E-state index contributed by atoms with van der Waals surface area (Å²) in [7, 11) is -0.571. The molecule has 0 spiro atoms. The van der Waals surface area contributed by atoms with E-state index < -0.39 is 10.8 Å². The van der Waals surface area contributed by atoms with Crippen LogP contribution in [0.1, 0.15) is 6.92 Å². The van der Waals surface area contributed by atoms with Gasteiger partial charge in [-0.1, -0.05) is 6.08 Å². The van der Waals surface area contributed by atoms with E-state index in [1.807, 2.05) is 6.08 Å². The van der Waals surface area contributed by atoms with Crippen molar-refractivity contribution in [2.45, 2.75) is 13.0 Å². The first-order chi connectivity index (χ1) is 5.24. The maximum Gasteiger partial charge on any atom is 0.0388 e. The fraction of sp³-hybridized carbons (Fsp3) is 0.750. The third kappa shape index (κ3) is 2.42. The minimum atomic E-state index is -0.571. The molecule has 0 bridgehead atoms. The molecule has 0 N–H and O–H groups in total. The second-order valence-corrected chi connectivity index (χ2v) is 4.56. The SMILES string of the molecule is C=CCN1CCS(=O)CC1C. The monoisotopic (exact) mass is 173 g/mol. The normalized spacial score (nSPS) is 33.5. The molecular formula is C8H15NOS. The molecule has 2 unspecified atom stereocenters. The highest BCUT2D eigenvalue weighted by Gasteiger charge is 2.20. The Bertz CT molecular complexity index is 169. The molecule has 11 heavy (non-hydrogen) atoms. The summed E-state index contributed by atoms with van der Waals surface area (Å²) in [4.78, 5) is 2.31. The van der Waals surface area contributed by atoms with Crippen LogP contribution in [0.5, 0.6) is 0 Å². The first kappa shape index (κ1) is 8.94. The Labute approximate surface area is 70.7 Å². The van der Waals surface area contributed by atoms with Gasteiger partial charge >= 0.3 is 0 Å². The lowest BCUT2D eigenvalue weighted by atomic mass is 10.3. The minimum Gasteiger partial charge on any atom is -0.295 e. The van der Waals surface area contributed by atoms with E-state index >= 15 is 0 Å². The van der Waals surface area contributed by atoms with Crippen LogP contribution < -0.4 is 0 Å². The third-order valence-corrected chi connectivity index (χ3v) is 3.51. The highest BCUT2D eigenvalue weighted by atomic mass is 32.2. The fourth-order valence-electron chi connectivity index (χ4n) is 1.33. The highest BCUT2D eigenvalue weighted by molar-refractivity contribution is 7.85. The van der Waals surface area contributed by atoms with Crippen molar-refractivity contribution in [3.8, 4) is 0 Å². The molecule has 1 saturated heterocycles. The van der Waals surface area contributed by atoms with Crippen LogP contribution in [-0.4, -0.2) is 39.7 Å². The molecule has 3 heteroatoms. The molecule has 0 amide bonds. The molecule has 0 saturated carbocycles. The van der Waals surface area contributed by atoms with Gasteiger partial charge in [-0.05, 0) is 6.92 Å². The van der Waals surface area contributed by atoms with Gasteiger partial charge in [-0.3, -0.25) is 9.11 Å². The first-order valence-corrected chi connectivity index (χ1v) is 5.42. The average molecular weight is 173 g/mol. The summed E-state index contributed by atoms with van der Waals surface area (Å²) in [5.41, 5.74) is 0. The number of hydrogen-bond donors (Lipinski definition) is 0. The molecule has 1 heterocycles. The number of hydrogen-bond acceptors (Lipinski definition) is 2. The van der Waals surface area contributed by atoms with Gasteiger partial charge in [0, 0.05) is 41.4 Å². The van der Waals surface area contributed by atoms with Gasteiger partial charge in [0.15, 0.2) is 0 Å². The average Bonchev–Trinajstić information content (AvgIpc) is 1.95. The molecule has 1 rings (SSSR count). The zero-order valence-electron chi connectivity index (χ0n) is 6.95. The molecule has 0 radical (unpaired) electrons. The highest BCUT2D eigenvalue weighted by Crippen LogP contribution is 2.07. The van der Waals surface area contributed by atoms with Crippen molar-refractivity contribution in [3.05, 3.63) is 12.7 Å². The summed E-state index contributed by atoms with van der Waals surface area (Å²) < 4.78 is 11.1. The van der Waals surface area contributed by atoms with E-state index in [2.05, 4.69) is 18.4 Å². The molecule has 64 valence electrons. The standard InChI is InChI=1S/C8H15NOS/c1-3-4-9-5-6-11(10)7-8(9)2/h3,8H,1,4-7H2,2H3. The van der Waals surface area contributed by atoms with Crippen molar-refractivity contribution in [2.75, 3.05) is 24.6 Å².